The number of hydrogen-bond donors (Lipinski definition) is 0. The lowest BCUT2D eigenvalue weighted by Crippen LogP contribution is -2.33. The summed E-state index contributed by atoms with van der Waals surface area (Å²) in [4.78, 5) is 28.8. The zero-order valence-corrected chi connectivity index (χ0v) is 20.2. The fraction of sp³-hybridized carbons (Fsp3) is 0.346. The van der Waals surface area contributed by atoms with E-state index in [4.69, 9.17) is 9.47 Å². The van der Waals surface area contributed by atoms with E-state index in [2.05, 4.69) is 10.00 Å². The van der Waals surface area contributed by atoms with Crippen LogP contribution in [0.4, 0.5) is 19.3 Å². The predicted molar refractivity (Wildman–Crippen MR) is 131 cm³/mol. The van der Waals surface area contributed by atoms with Gasteiger partial charge in [0.25, 0.3) is 0 Å². The number of aromatic nitrogens is 2. The van der Waals surface area contributed by atoms with E-state index in [0.717, 1.165) is 43.3 Å². The van der Waals surface area contributed by atoms with Crippen LogP contribution in [0.2, 0.25) is 0 Å². The van der Waals surface area contributed by atoms with Gasteiger partial charge in [-0.3, -0.25) is 14.6 Å². The molecule has 190 valence electrons. The first-order chi connectivity index (χ1) is 17.3. The number of likely N-dealkylation sites (tertiary alicyclic amines) is 1. The quantitative estimate of drug-likeness (QED) is 0.474. The molecule has 36 heavy (non-hydrogen) atoms. The Labute approximate surface area is 207 Å². The molecule has 3 aromatic rings. The van der Waals surface area contributed by atoms with E-state index >= 15 is 0 Å². The van der Waals surface area contributed by atoms with Gasteiger partial charge in [-0.2, -0.15) is 5.10 Å². The fourth-order valence-electron chi connectivity index (χ4n) is 4.10. The van der Waals surface area contributed by atoms with Crippen LogP contribution in [0.5, 0.6) is 0 Å². The molecule has 0 spiro atoms. The van der Waals surface area contributed by atoms with Crippen LogP contribution in [0.1, 0.15) is 17.7 Å². The zero-order chi connectivity index (χ0) is 25.7. The van der Waals surface area contributed by atoms with Crippen LogP contribution in [0, 0.1) is 11.6 Å². The number of halogens is 2. The lowest BCUT2D eigenvalue weighted by molar-refractivity contribution is 0.103. The number of carbonyl (C=O) groups is 1. The van der Waals surface area contributed by atoms with E-state index in [-0.39, 0.29) is 29.3 Å². The van der Waals surface area contributed by atoms with Crippen LogP contribution >= 0.6 is 0 Å². The van der Waals surface area contributed by atoms with Crippen molar-refractivity contribution in [2.75, 3.05) is 45.3 Å². The summed E-state index contributed by atoms with van der Waals surface area (Å²) in [5.41, 5.74) is 1.41. The maximum Gasteiger partial charge on any atom is 0.414 e. The van der Waals surface area contributed by atoms with Gasteiger partial charge < -0.3 is 9.47 Å². The minimum absolute atomic E-state index is 0.165. The Morgan fingerprint density at radius 2 is 1.94 bits per heavy atom. The van der Waals surface area contributed by atoms with Gasteiger partial charge in [-0.1, -0.05) is 12.1 Å². The summed E-state index contributed by atoms with van der Waals surface area (Å²) in [6.45, 7) is 2.95. The zero-order valence-electron chi connectivity index (χ0n) is 20.2. The van der Waals surface area contributed by atoms with Crippen LogP contribution in [-0.4, -0.2) is 67.3 Å². The number of hydrogen-bond acceptors (Lipinski definition) is 6. The highest BCUT2D eigenvalue weighted by Gasteiger charge is 2.27. The van der Waals surface area contributed by atoms with Crippen molar-refractivity contribution in [2.45, 2.75) is 18.9 Å². The number of anilines is 1. The second-order valence-electron chi connectivity index (χ2n) is 8.69. The monoisotopic (exact) mass is 498 g/mol. The number of carbonyl (C=O) groups excluding carboxylic acids is 1. The highest BCUT2D eigenvalue weighted by molar-refractivity contribution is 5.87. The van der Waals surface area contributed by atoms with Gasteiger partial charge in [0.1, 0.15) is 23.4 Å². The van der Waals surface area contributed by atoms with Crippen molar-refractivity contribution < 1.29 is 23.0 Å². The third kappa shape index (κ3) is 6.32. The summed E-state index contributed by atoms with van der Waals surface area (Å²) >= 11 is 0. The molecule has 2 aromatic carbocycles. The molecule has 1 saturated heterocycles. The SMILES string of the molecule is COCCN1CCC(OC(=O)N(C)c2cccc(Cc3nn(-c4cc(F)cc(F)c4)ccc3=O)c2)C1. The molecule has 8 nitrogen and oxygen atoms in total. The van der Waals surface area contributed by atoms with Crippen molar-refractivity contribution in [2.24, 2.45) is 0 Å². The third-order valence-corrected chi connectivity index (χ3v) is 6.04. The first-order valence-corrected chi connectivity index (χ1v) is 11.6. The van der Waals surface area contributed by atoms with Crippen molar-refractivity contribution >= 4 is 11.8 Å². The fourth-order valence-corrected chi connectivity index (χ4v) is 4.10. The molecule has 1 aliphatic rings. The Hall–Kier alpha value is -3.63. The second-order valence-corrected chi connectivity index (χ2v) is 8.69. The molecule has 1 amide bonds. The van der Waals surface area contributed by atoms with Crippen LogP contribution in [0.25, 0.3) is 5.69 Å². The van der Waals surface area contributed by atoms with Crippen LogP contribution in [0.3, 0.4) is 0 Å². The minimum Gasteiger partial charge on any atom is -0.444 e. The van der Waals surface area contributed by atoms with E-state index in [9.17, 15) is 18.4 Å². The molecule has 0 bridgehead atoms. The molecule has 0 radical (unpaired) electrons. The summed E-state index contributed by atoms with van der Waals surface area (Å²) < 4.78 is 39.3. The van der Waals surface area contributed by atoms with E-state index in [1.165, 1.54) is 21.8 Å². The van der Waals surface area contributed by atoms with E-state index in [0.29, 0.717) is 18.8 Å². The molecule has 1 atom stereocenters. The maximum absolute atomic E-state index is 13.6. The molecule has 1 aromatic heterocycles. The summed E-state index contributed by atoms with van der Waals surface area (Å²) in [5, 5.41) is 4.28. The number of amides is 1. The molecule has 0 N–H and O–H groups in total. The Morgan fingerprint density at radius 3 is 2.69 bits per heavy atom. The Balaban J connectivity index is 1.45. The van der Waals surface area contributed by atoms with Crippen LogP contribution in [-0.2, 0) is 15.9 Å². The summed E-state index contributed by atoms with van der Waals surface area (Å²) in [6.07, 6.45) is 1.66. The molecule has 0 saturated carbocycles. The number of nitrogens with zero attached hydrogens (tertiary/aromatic N) is 4. The third-order valence-electron chi connectivity index (χ3n) is 6.04. The molecule has 4 rings (SSSR count). The van der Waals surface area contributed by atoms with Crippen molar-refractivity contribution in [1.82, 2.24) is 14.7 Å². The van der Waals surface area contributed by atoms with Gasteiger partial charge in [0, 0.05) is 64.2 Å². The van der Waals surface area contributed by atoms with Gasteiger partial charge >= 0.3 is 6.09 Å². The van der Waals surface area contributed by atoms with Gasteiger partial charge in [-0.25, -0.2) is 18.3 Å². The Bertz CT molecular complexity index is 1260. The first kappa shape index (κ1) is 25.5. The standard InChI is InChI=1S/C26H28F2N4O4/c1-30(26(34)36-23-6-8-31(17-23)10-11-35-2)21-5-3-4-18(12-21)13-24-25(33)7-9-32(29-24)22-15-19(27)14-20(28)16-22/h3-5,7,9,12,14-16,23H,6,8,10-11,13,17H2,1-2H3. The number of methoxy groups -OCH3 is 1. The lowest BCUT2D eigenvalue weighted by Gasteiger charge is -2.21. The lowest BCUT2D eigenvalue weighted by atomic mass is 10.1. The Morgan fingerprint density at radius 1 is 1.17 bits per heavy atom. The van der Waals surface area contributed by atoms with Crippen LogP contribution < -0.4 is 10.3 Å². The predicted octanol–water partition coefficient (Wildman–Crippen LogP) is 3.40. The van der Waals surface area contributed by atoms with Crippen molar-refractivity contribution in [3.8, 4) is 5.69 Å². The highest BCUT2D eigenvalue weighted by Crippen LogP contribution is 2.20. The van der Waals surface area contributed by atoms with Gasteiger partial charge in [-0.05, 0) is 36.2 Å². The van der Waals surface area contributed by atoms with E-state index < -0.39 is 17.7 Å². The number of rotatable bonds is 8. The van der Waals surface area contributed by atoms with Crippen molar-refractivity contribution in [1.29, 1.82) is 0 Å². The normalized spacial score (nSPS) is 15.7. The number of benzene rings is 2. The summed E-state index contributed by atoms with van der Waals surface area (Å²) in [5.74, 6) is -1.48. The molecule has 1 fully saturated rings. The molecular formula is C26H28F2N4O4. The summed E-state index contributed by atoms with van der Waals surface area (Å²) in [6, 6.07) is 11.5. The summed E-state index contributed by atoms with van der Waals surface area (Å²) in [7, 11) is 3.29. The largest absolute Gasteiger partial charge is 0.444 e. The topological polar surface area (TPSA) is 76.9 Å². The van der Waals surface area contributed by atoms with Gasteiger partial charge in [0.2, 0.25) is 5.43 Å². The smallest absolute Gasteiger partial charge is 0.414 e. The Kier molecular flexibility index (Phi) is 8.07. The molecule has 10 heteroatoms. The van der Waals surface area contributed by atoms with Crippen molar-refractivity contribution in [3.63, 3.8) is 0 Å². The maximum atomic E-state index is 13.6. The van der Waals surface area contributed by atoms with Gasteiger partial charge in [0.05, 0.1) is 12.3 Å². The molecule has 1 unspecified atom stereocenters. The molecule has 2 heterocycles. The van der Waals surface area contributed by atoms with Crippen molar-refractivity contribution in [3.05, 3.63) is 87.8 Å². The average Bonchev–Trinajstić information content (AvgIpc) is 3.30. The van der Waals surface area contributed by atoms with Crippen LogP contribution in [0.15, 0.2) is 59.5 Å². The second kappa shape index (κ2) is 11.4. The van der Waals surface area contributed by atoms with E-state index in [1.54, 1.807) is 32.4 Å². The molecule has 0 aliphatic carbocycles. The van der Waals surface area contributed by atoms with E-state index in [1.807, 2.05) is 6.07 Å². The average molecular weight is 499 g/mol. The van der Waals surface area contributed by atoms with Gasteiger partial charge in [-0.15, -0.1) is 0 Å². The minimum atomic E-state index is -0.741. The first-order valence-electron chi connectivity index (χ1n) is 11.6. The number of ether oxygens (including phenoxy) is 2. The van der Waals surface area contributed by atoms with Gasteiger partial charge in [0.15, 0.2) is 0 Å². The molecule has 1 aliphatic heterocycles. The highest BCUT2D eigenvalue weighted by atomic mass is 19.1. The molecular weight excluding hydrogens is 470 g/mol.